The van der Waals surface area contributed by atoms with E-state index in [1.807, 2.05) is 6.92 Å². The van der Waals surface area contributed by atoms with Gasteiger partial charge in [0, 0.05) is 17.5 Å². The van der Waals surface area contributed by atoms with Crippen LogP contribution in [0.3, 0.4) is 0 Å². The molecule has 0 fully saturated rings. The van der Waals surface area contributed by atoms with E-state index in [1.165, 1.54) is 22.3 Å². The number of hydrogen-bond acceptors (Lipinski definition) is 4. The van der Waals surface area contributed by atoms with Crippen molar-refractivity contribution in [2.75, 3.05) is 0 Å². The lowest BCUT2D eigenvalue weighted by Crippen LogP contribution is -1.96. The Bertz CT molecular complexity index is 591. The number of aromatic hydroxyl groups is 1. The van der Waals surface area contributed by atoms with Crippen molar-refractivity contribution in [3.05, 3.63) is 46.1 Å². The SMILES string of the molecule is Cc1cc(O)nc(SCc2c(C)ccc(C)c2C)n1. The molecule has 0 radical (unpaired) electrons. The van der Waals surface area contributed by atoms with Gasteiger partial charge >= 0.3 is 0 Å². The molecule has 0 aliphatic carbocycles. The fraction of sp³-hybridized carbons (Fsp3) is 0.333. The summed E-state index contributed by atoms with van der Waals surface area (Å²) in [6.45, 7) is 8.25. The molecule has 2 aromatic rings. The predicted octanol–water partition coefficient (Wildman–Crippen LogP) is 3.71. The average molecular weight is 274 g/mol. The maximum Gasteiger partial charge on any atom is 0.215 e. The van der Waals surface area contributed by atoms with Crippen molar-refractivity contribution in [1.82, 2.24) is 9.97 Å². The molecule has 0 unspecified atom stereocenters. The van der Waals surface area contributed by atoms with Crippen LogP contribution in [0, 0.1) is 27.7 Å². The van der Waals surface area contributed by atoms with Crippen LogP contribution in [0.25, 0.3) is 0 Å². The minimum absolute atomic E-state index is 0.0349. The second-order valence-electron chi connectivity index (χ2n) is 4.74. The van der Waals surface area contributed by atoms with Gasteiger partial charge in [0.05, 0.1) is 0 Å². The van der Waals surface area contributed by atoms with E-state index in [1.54, 1.807) is 17.8 Å². The van der Waals surface area contributed by atoms with E-state index in [9.17, 15) is 5.11 Å². The number of aromatic nitrogens is 2. The maximum absolute atomic E-state index is 9.48. The Hall–Kier alpha value is -1.55. The van der Waals surface area contributed by atoms with Gasteiger partial charge in [-0.2, -0.15) is 4.98 Å². The van der Waals surface area contributed by atoms with E-state index >= 15 is 0 Å². The van der Waals surface area contributed by atoms with Gasteiger partial charge in [-0.25, -0.2) is 4.98 Å². The molecule has 0 saturated heterocycles. The van der Waals surface area contributed by atoms with Crippen LogP contribution in [0.4, 0.5) is 0 Å². The highest BCUT2D eigenvalue weighted by Crippen LogP contribution is 2.26. The first-order valence-corrected chi connectivity index (χ1v) is 7.19. The summed E-state index contributed by atoms with van der Waals surface area (Å²) in [5, 5.41) is 10.1. The third-order valence-electron chi connectivity index (χ3n) is 3.27. The van der Waals surface area contributed by atoms with Crippen LogP contribution in [-0.4, -0.2) is 15.1 Å². The lowest BCUT2D eigenvalue weighted by Gasteiger charge is -2.11. The Kier molecular flexibility index (Phi) is 4.10. The number of rotatable bonds is 3. The van der Waals surface area contributed by atoms with Gasteiger partial charge in [0.1, 0.15) is 0 Å². The first-order chi connectivity index (χ1) is 8.97. The lowest BCUT2D eigenvalue weighted by atomic mass is 10.00. The molecule has 2 rings (SSSR count). The van der Waals surface area contributed by atoms with Gasteiger partial charge in [-0.3, -0.25) is 0 Å². The van der Waals surface area contributed by atoms with Crippen LogP contribution in [0.5, 0.6) is 5.88 Å². The van der Waals surface area contributed by atoms with Gasteiger partial charge in [-0.05, 0) is 49.9 Å². The Morgan fingerprint density at radius 1 is 1.05 bits per heavy atom. The molecule has 0 saturated carbocycles. The smallest absolute Gasteiger partial charge is 0.215 e. The summed E-state index contributed by atoms with van der Waals surface area (Å²) in [7, 11) is 0. The zero-order valence-corrected chi connectivity index (χ0v) is 12.5. The molecule has 1 heterocycles. The molecule has 19 heavy (non-hydrogen) atoms. The van der Waals surface area contributed by atoms with E-state index in [0.29, 0.717) is 5.16 Å². The monoisotopic (exact) mass is 274 g/mol. The van der Waals surface area contributed by atoms with Crippen molar-refractivity contribution in [1.29, 1.82) is 0 Å². The third kappa shape index (κ3) is 3.26. The third-order valence-corrected chi connectivity index (χ3v) is 4.14. The van der Waals surface area contributed by atoms with Gasteiger partial charge in [-0.1, -0.05) is 23.9 Å². The number of aryl methyl sites for hydroxylation is 3. The van der Waals surface area contributed by atoms with Crippen molar-refractivity contribution in [2.45, 2.75) is 38.6 Å². The highest BCUT2D eigenvalue weighted by atomic mass is 32.2. The molecule has 4 heteroatoms. The van der Waals surface area contributed by atoms with Crippen LogP contribution in [0.2, 0.25) is 0 Å². The molecule has 0 aliphatic heterocycles. The summed E-state index contributed by atoms with van der Waals surface area (Å²) in [5.74, 6) is 0.857. The summed E-state index contributed by atoms with van der Waals surface area (Å²) in [5.41, 5.74) is 6.02. The van der Waals surface area contributed by atoms with Crippen molar-refractivity contribution in [3.63, 3.8) is 0 Å². The van der Waals surface area contributed by atoms with Crippen LogP contribution in [0.1, 0.15) is 27.9 Å². The van der Waals surface area contributed by atoms with Gasteiger partial charge in [-0.15, -0.1) is 0 Å². The maximum atomic E-state index is 9.48. The van der Waals surface area contributed by atoms with Crippen molar-refractivity contribution >= 4 is 11.8 Å². The summed E-state index contributed by atoms with van der Waals surface area (Å²) in [6.07, 6.45) is 0. The molecule has 0 atom stereocenters. The summed E-state index contributed by atoms with van der Waals surface area (Å²) < 4.78 is 0. The van der Waals surface area contributed by atoms with E-state index in [-0.39, 0.29) is 5.88 Å². The van der Waals surface area contributed by atoms with Crippen molar-refractivity contribution in [2.24, 2.45) is 0 Å². The fourth-order valence-electron chi connectivity index (χ4n) is 1.96. The molecule has 100 valence electrons. The van der Waals surface area contributed by atoms with E-state index in [2.05, 4.69) is 42.9 Å². The molecule has 0 bridgehead atoms. The Labute approximate surface area is 118 Å². The zero-order valence-electron chi connectivity index (χ0n) is 11.7. The summed E-state index contributed by atoms with van der Waals surface area (Å²) in [4.78, 5) is 8.36. The number of hydrogen-bond donors (Lipinski definition) is 1. The molecule has 1 aromatic carbocycles. The molecule has 1 N–H and O–H groups in total. The Morgan fingerprint density at radius 3 is 2.42 bits per heavy atom. The van der Waals surface area contributed by atoms with Crippen LogP contribution in [-0.2, 0) is 5.75 Å². The first kappa shape index (κ1) is 13.9. The lowest BCUT2D eigenvalue weighted by molar-refractivity contribution is 0.444. The second-order valence-corrected chi connectivity index (χ2v) is 5.68. The highest BCUT2D eigenvalue weighted by molar-refractivity contribution is 7.98. The number of nitrogens with zero attached hydrogens (tertiary/aromatic N) is 2. The van der Waals surface area contributed by atoms with Crippen LogP contribution < -0.4 is 0 Å². The highest BCUT2D eigenvalue weighted by Gasteiger charge is 2.08. The molecule has 0 aliphatic rings. The fourth-order valence-corrected chi connectivity index (χ4v) is 3.04. The van der Waals surface area contributed by atoms with Crippen molar-refractivity contribution < 1.29 is 5.11 Å². The Morgan fingerprint density at radius 2 is 1.74 bits per heavy atom. The average Bonchev–Trinajstić information content (AvgIpc) is 2.33. The predicted molar refractivity (Wildman–Crippen MR) is 78.6 cm³/mol. The van der Waals surface area contributed by atoms with E-state index < -0.39 is 0 Å². The summed E-state index contributed by atoms with van der Waals surface area (Å²) in [6, 6.07) is 5.86. The van der Waals surface area contributed by atoms with Crippen LogP contribution in [0.15, 0.2) is 23.4 Å². The van der Waals surface area contributed by atoms with E-state index in [0.717, 1.165) is 11.4 Å². The zero-order chi connectivity index (χ0) is 14.0. The molecule has 3 nitrogen and oxygen atoms in total. The molecule has 1 aromatic heterocycles. The van der Waals surface area contributed by atoms with Crippen LogP contribution >= 0.6 is 11.8 Å². The largest absolute Gasteiger partial charge is 0.493 e. The molecule has 0 spiro atoms. The van der Waals surface area contributed by atoms with Gasteiger partial charge in [0.25, 0.3) is 0 Å². The Balaban J connectivity index is 2.21. The minimum atomic E-state index is 0.0349. The first-order valence-electron chi connectivity index (χ1n) is 6.20. The van der Waals surface area contributed by atoms with Gasteiger partial charge in [0.15, 0.2) is 5.16 Å². The van der Waals surface area contributed by atoms with Gasteiger partial charge in [0.2, 0.25) is 5.88 Å². The molecule has 0 amide bonds. The normalized spacial score (nSPS) is 10.7. The quantitative estimate of drug-likeness (QED) is 0.684. The molecular formula is C15H18N2OS. The summed E-state index contributed by atoms with van der Waals surface area (Å²) >= 11 is 1.56. The standard InChI is InChI=1S/C15H18N2OS/c1-9-5-6-10(2)13(12(9)4)8-19-15-16-11(3)7-14(18)17-15/h5-7H,8H2,1-4H3,(H,16,17,18). The van der Waals surface area contributed by atoms with Gasteiger partial charge < -0.3 is 5.11 Å². The molecular weight excluding hydrogens is 256 g/mol. The van der Waals surface area contributed by atoms with E-state index in [4.69, 9.17) is 0 Å². The topological polar surface area (TPSA) is 46.0 Å². The number of thioether (sulfide) groups is 1. The number of benzene rings is 1. The minimum Gasteiger partial charge on any atom is -0.493 e. The second kappa shape index (κ2) is 5.61. The van der Waals surface area contributed by atoms with Crippen molar-refractivity contribution in [3.8, 4) is 5.88 Å².